The third-order valence-corrected chi connectivity index (χ3v) is 5.33. The molecule has 0 spiro atoms. The van der Waals surface area contributed by atoms with Gasteiger partial charge in [-0.25, -0.2) is 9.59 Å². The zero-order valence-corrected chi connectivity index (χ0v) is 19.4. The van der Waals surface area contributed by atoms with Gasteiger partial charge in [0.25, 0.3) is 5.56 Å². The van der Waals surface area contributed by atoms with Crippen molar-refractivity contribution in [1.29, 1.82) is 0 Å². The van der Waals surface area contributed by atoms with Crippen LogP contribution in [0.4, 0.5) is 5.82 Å². The molecule has 1 heterocycles. The summed E-state index contributed by atoms with van der Waals surface area (Å²) in [4.78, 5) is 50.6. The van der Waals surface area contributed by atoms with E-state index in [0.29, 0.717) is 0 Å². The van der Waals surface area contributed by atoms with Gasteiger partial charge in [-0.1, -0.05) is 41.9 Å². The molecule has 2 N–H and O–H groups in total. The molecule has 34 heavy (non-hydrogen) atoms. The highest BCUT2D eigenvalue weighted by Crippen LogP contribution is 2.36. The molecule has 0 radical (unpaired) electrons. The summed E-state index contributed by atoms with van der Waals surface area (Å²) < 4.78 is 17.2. The van der Waals surface area contributed by atoms with Gasteiger partial charge in [-0.05, 0) is 17.7 Å². The summed E-state index contributed by atoms with van der Waals surface area (Å²) >= 11 is 6.10. The zero-order chi connectivity index (χ0) is 25.0. The lowest BCUT2D eigenvalue weighted by Crippen LogP contribution is -2.43. The Balaban J connectivity index is 1.88. The number of hydrogen-bond acceptors (Lipinski definition) is 8. The molecule has 2 aromatic carbocycles. The number of Topliss-reactive ketones (excluding diaryl/α,β-unsaturated/α-hetero) is 1. The highest BCUT2D eigenvalue weighted by Gasteiger charge is 2.24. The minimum absolute atomic E-state index is 0.00497. The van der Waals surface area contributed by atoms with Crippen molar-refractivity contribution in [3.63, 3.8) is 0 Å². The van der Waals surface area contributed by atoms with Gasteiger partial charge >= 0.3 is 11.7 Å². The average molecular weight is 488 g/mol. The summed E-state index contributed by atoms with van der Waals surface area (Å²) in [7, 11) is 4.00. The first-order valence-corrected chi connectivity index (χ1v) is 10.3. The van der Waals surface area contributed by atoms with Crippen LogP contribution in [0.15, 0.2) is 52.1 Å². The summed E-state index contributed by atoms with van der Waals surface area (Å²) in [6.07, 6.45) is 0. The van der Waals surface area contributed by atoms with Crippen molar-refractivity contribution in [3.05, 3.63) is 85.0 Å². The SMILES string of the molecule is COc1cc(C(=O)OCC(=O)c2c(N)n(Cc3ccccc3)c(=O)n(C)c2=O)cc(Cl)c1OC. The lowest BCUT2D eigenvalue weighted by molar-refractivity contribution is 0.0474. The number of benzene rings is 2. The highest BCUT2D eigenvalue weighted by molar-refractivity contribution is 6.32. The summed E-state index contributed by atoms with van der Waals surface area (Å²) in [5.74, 6) is -1.63. The lowest BCUT2D eigenvalue weighted by atomic mass is 10.1. The van der Waals surface area contributed by atoms with E-state index in [-0.39, 0.29) is 34.4 Å². The van der Waals surface area contributed by atoms with Crippen LogP contribution >= 0.6 is 11.6 Å². The maximum absolute atomic E-state index is 12.8. The smallest absolute Gasteiger partial charge is 0.338 e. The van der Waals surface area contributed by atoms with E-state index in [1.165, 1.54) is 33.4 Å². The van der Waals surface area contributed by atoms with Crippen LogP contribution in [0, 0.1) is 0 Å². The molecule has 0 unspecified atom stereocenters. The molecular formula is C23H22ClN3O7. The summed E-state index contributed by atoms with van der Waals surface area (Å²) in [6, 6.07) is 11.6. The van der Waals surface area contributed by atoms with E-state index in [0.717, 1.165) is 14.7 Å². The van der Waals surface area contributed by atoms with Crippen molar-refractivity contribution in [2.24, 2.45) is 7.05 Å². The Hall–Kier alpha value is -4.05. The van der Waals surface area contributed by atoms with Crippen molar-refractivity contribution in [1.82, 2.24) is 9.13 Å². The maximum Gasteiger partial charge on any atom is 0.338 e. The highest BCUT2D eigenvalue weighted by atomic mass is 35.5. The van der Waals surface area contributed by atoms with Gasteiger partial charge in [-0.2, -0.15) is 0 Å². The van der Waals surface area contributed by atoms with Crippen LogP contribution in [0.2, 0.25) is 5.02 Å². The quantitative estimate of drug-likeness (QED) is 0.376. The van der Waals surface area contributed by atoms with Crippen molar-refractivity contribution >= 4 is 29.2 Å². The third-order valence-electron chi connectivity index (χ3n) is 5.05. The number of hydrogen-bond donors (Lipinski definition) is 1. The molecule has 0 aliphatic rings. The number of nitrogen functional groups attached to an aromatic ring is 1. The first kappa shape index (κ1) is 24.6. The molecule has 0 bridgehead atoms. The van der Waals surface area contributed by atoms with Crippen LogP contribution in [-0.4, -0.2) is 41.7 Å². The number of halogens is 1. The van der Waals surface area contributed by atoms with Crippen LogP contribution < -0.4 is 26.5 Å². The van der Waals surface area contributed by atoms with Crippen molar-refractivity contribution < 1.29 is 23.8 Å². The fraction of sp³-hybridized carbons (Fsp3) is 0.217. The average Bonchev–Trinajstić information content (AvgIpc) is 2.84. The number of anilines is 1. The minimum Gasteiger partial charge on any atom is -0.493 e. The fourth-order valence-corrected chi connectivity index (χ4v) is 3.57. The number of methoxy groups -OCH3 is 2. The van der Waals surface area contributed by atoms with Gasteiger partial charge in [0.15, 0.2) is 18.1 Å². The van der Waals surface area contributed by atoms with Gasteiger partial charge < -0.3 is 19.9 Å². The first-order valence-electron chi connectivity index (χ1n) is 9.94. The summed E-state index contributed by atoms with van der Waals surface area (Å²) in [6.45, 7) is -0.738. The number of esters is 1. The molecule has 0 aliphatic carbocycles. The Bertz CT molecular complexity index is 1360. The molecule has 10 nitrogen and oxygen atoms in total. The number of nitrogens with two attached hydrogens (primary N) is 1. The molecular weight excluding hydrogens is 466 g/mol. The summed E-state index contributed by atoms with van der Waals surface area (Å²) in [5.41, 5.74) is 4.78. The van der Waals surface area contributed by atoms with Gasteiger partial charge in [-0.15, -0.1) is 0 Å². The van der Waals surface area contributed by atoms with E-state index >= 15 is 0 Å². The zero-order valence-electron chi connectivity index (χ0n) is 18.7. The lowest BCUT2D eigenvalue weighted by Gasteiger charge is -2.15. The fourth-order valence-electron chi connectivity index (χ4n) is 3.29. The number of aromatic nitrogens is 2. The van der Waals surface area contributed by atoms with Crippen molar-refractivity contribution in [2.45, 2.75) is 6.54 Å². The van der Waals surface area contributed by atoms with E-state index in [1.54, 1.807) is 24.3 Å². The molecule has 11 heteroatoms. The Kier molecular flexibility index (Phi) is 7.42. The predicted octanol–water partition coefficient (Wildman–Crippen LogP) is 1.89. The van der Waals surface area contributed by atoms with Crippen LogP contribution in [0.5, 0.6) is 11.5 Å². The largest absolute Gasteiger partial charge is 0.493 e. The first-order chi connectivity index (χ1) is 16.2. The second kappa shape index (κ2) is 10.3. The molecule has 0 amide bonds. The molecule has 0 fully saturated rings. The molecule has 0 aliphatic heterocycles. The van der Waals surface area contributed by atoms with E-state index < -0.39 is 35.2 Å². The Labute approximate surface area is 199 Å². The van der Waals surface area contributed by atoms with Crippen LogP contribution in [-0.2, 0) is 18.3 Å². The van der Waals surface area contributed by atoms with E-state index in [1.807, 2.05) is 6.07 Å². The minimum atomic E-state index is -0.887. The summed E-state index contributed by atoms with van der Waals surface area (Å²) in [5, 5.41) is 0.103. The van der Waals surface area contributed by atoms with E-state index in [2.05, 4.69) is 0 Å². The molecule has 0 atom stereocenters. The van der Waals surface area contributed by atoms with Crippen LogP contribution in [0.25, 0.3) is 0 Å². The monoisotopic (exact) mass is 487 g/mol. The number of carbonyl (C=O) groups excluding carboxylic acids is 2. The van der Waals surface area contributed by atoms with E-state index in [4.69, 9.17) is 31.5 Å². The number of ketones is 1. The third kappa shape index (κ3) is 4.81. The van der Waals surface area contributed by atoms with Crippen LogP contribution in [0.1, 0.15) is 26.3 Å². The second-order valence-corrected chi connectivity index (χ2v) is 7.58. The normalized spacial score (nSPS) is 10.6. The standard InChI is InChI=1S/C23H22ClN3O7/c1-26-21(29)18(20(25)27(23(26)31)11-13-7-5-4-6-8-13)16(28)12-34-22(30)14-9-15(24)19(33-3)17(10-14)32-2/h4-10H,11-12,25H2,1-3H3. The molecule has 3 rings (SSSR count). The van der Waals surface area contributed by atoms with E-state index in [9.17, 15) is 19.2 Å². The second-order valence-electron chi connectivity index (χ2n) is 7.17. The molecule has 3 aromatic rings. The topological polar surface area (TPSA) is 132 Å². The number of rotatable bonds is 8. The van der Waals surface area contributed by atoms with Crippen LogP contribution in [0.3, 0.4) is 0 Å². The molecule has 0 saturated heterocycles. The Morgan fingerprint density at radius 2 is 1.74 bits per heavy atom. The predicted molar refractivity (Wildman–Crippen MR) is 125 cm³/mol. The number of carbonyl (C=O) groups is 2. The molecule has 178 valence electrons. The van der Waals surface area contributed by atoms with Gasteiger partial charge in [0, 0.05) is 7.05 Å². The van der Waals surface area contributed by atoms with Gasteiger partial charge in [-0.3, -0.25) is 18.7 Å². The number of ether oxygens (including phenoxy) is 3. The van der Waals surface area contributed by atoms with Gasteiger partial charge in [0.05, 0.1) is 31.4 Å². The molecule has 0 saturated carbocycles. The van der Waals surface area contributed by atoms with Gasteiger partial charge in [0.2, 0.25) is 5.78 Å². The Morgan fingerprint density at radius 1 is 1.06 bits per heavy atom. The Morgan fingerprint density at radius 3 is 2.35 bits per heavy atom. The number of nitrogens with zero attached hydrogens (tertiary/aromatic N) is 2. The van der Waals surface area contributed by atoms with Crippen molar-refractivity contribution in [2.75, 3.05) is 26.6 Å². The maximum atomic E-state index is 12.8. The van der Waals surface area contributed by atoms with Crippen molar-refractivity contribution in [3.8, 4) is 11.5 Å². The van der Waals surface area contributed by atoms with Gasteiger partial charge in [0.1, 0.15) is 11.4 Å². The molecule has 1 aromatic heterocycles.